The van der Waals surface area contributed by atoms with Crippen LogP contribution in [0.25, 0.3) is 0 Å². The van der Waals surface area contributed by atoms with Gasteiger partial charge in [-0.25, -0.2) is 0 Å². The van der Waals surface area contributed by atoms with Crippen LogP contribution in [0.4, 0.5) is 0 Å². The number of ether oxygens (including phenoxy) is 1. The molecule has 1 heterocycles. The molecule has 18 heavy (non-hydrogen) atoms. The number of hydrogen-bond donors (Lipinski definition) is 1. The Labute approximate surface area is 109 Å². The van der Waals surface area contributed by atoms with E-state index in [0.29, 0.717) is 0 Å². The van der Waals surface area contributed by atoms with Crippen LogP contribution in [-0.2, 0) is 0 Å². The number of Topliss-reactive ketones (excluding diaryl/α,β-unsaturated/α-hetero) is 1. The molecule has 0 aliphatic carbocycles. The van der Waals surface area contributed by atoms with Gasteiger partial charge in [0.1, 0.15) is 5.75 Å². The summed E-state index contributed by atoms with van der Waals surface area (Å²) in [4.78, 5) is 12.5. The van der Waals surface area contributed by atoms with Gasteiger partial charge in [0.25, 0.3) is 0 Å². The molecule has 0 amide bonds. The van der Waals surface area contributed by atoms with E-state index in [-0.39, 0.29) is 17.7 Å². The molecule has 1 aromatic carbocycles. The normalized spacial score (nSPS) is 23.1. The van der Waals surface area contributed by atoms with E-state index in [1.165, 1.54) is 0 Å². The number of ketones is 1. The lowest BCUT2D eigenvalue weighted by Crippen LogP contribution is -2.28. The first-order chi connectivity index (χ1) is 8.54. The van der Waals surface area contributed by atoms with E-state index in [2.05, 4.69) is 12.2 Å². The van der Waals surface area contributed by atoms with Crippen LogP contribution < -0.4 is 10.1 Å². The Morgan fingerprint density at radius 2 is 2.06 bits per heavy atom. The van der Waals surface area contributed by atoms with Crippen molar-refractivity contribution in [3.05, 3.63) is 28.8 Å². The summed E-state index contributed by atoms with van der Waals surface area (Å²) in [6.07, 6.45) is 0.935. The average molecular weight is 247 g/mol. The number of nitrogens with one attached hydrogen (secondary N) is 1. The summed E-state index contributed by atoms with van der Waals surface area (Å²) in [5.41, 5.74) is 2.86. The molecule has 1 aromatic rings. The Morgan fingerprint density at radius 3 is 2.61 bits per heavy atom. The summed E-state index contributed by atoms with van der Waals surface area (Å²) in [6.45, 7) is 6.97. The van der Waals surface area contributed by atoms with Gasteiger partial charge in [-0.15, -0.1) is 0 Å². The first-order valence-electron chi connectivity index (χ1n) is 6.47. The molecule has 0 bridgehead atoms. The molecular weight excluding hydrogens is 226 g/mol. The minimum absolute atomic E-state index is 0.108. The van der Waals surface area contributed by atoms with Crippen molar-refractivity contribution in [3.8, 4) is 5.75 Å². The topological polar surface area (TPSA) is 38.3 Å². The minimum Gasteiger partial charge on any atom is -0.496 e. The van der Waals surface area contributed by atoms with E-state index in [1.807, 2.05) is 26.0 Å². The van der Waals surface area contributed by atoms with E-state index >= 15 is 0 Å². The lowest BCUT2D eigenvalue weighted by atomic mass is 9.89. The molecule has 3 heteroatoms. The molecule has 0 saturated carbocycles. The molecule has 0 radical (unpaired) electrons. The van der Waals surface area contributed by atoms with E-state index in [9.17, 15) is 4.79 Å². The SMILES string of the molecule is COc1cc(C)c(C(=O)C2CCNC2C)cc1C. The van der Waals surface area contributed by atoms with Crippen LogP contribution in [0.3, 0.4) is 0 Å². The highest BCUT2D eigenvalue weighted by Crippen LogP contribution is 2.27. The summed E-state index contributed by atoms with van der Waals surface area (Å²) in [7, 11) is 1.66. The summed E-state index contributed by atoms with van der Waals surface area (Å²) < 4.78 is 5.28. The number of aryl methyl sites for hydroxylation is 2. The number of carbonyl (C=O) groups is 1. The van der Waals surface area contributed by atoms with Gasteiger partial charge in [-0.05, 0) is 57.0 Å². The van der Waals surface area contributed by atoms with Crippen molar-refractivity contribution in [2.75, 3.05) is 13.7 Å². The average Bonchev–Trinajstić information content (AvgIpc) is 2.77. The molecular formula is C15H21NO2. The molecule has 2 atom stereocenters. The fourth-order valence-electron chi connectivity index (χ4n) is 2.69. The van der Waals surface area contributed by atoms with Gasteiger partial charge in [-0.3, -0.25) is 4.79 Å². The maximum atomic E-state index is 12.5. The van der Waals surface area contributed by atoms with Crippen molar-refractivity contribution in [1.29, 1.82) is 0 Å². The van der Waals surface area contributed by atoms with Gasteiger partial charge in [0, 0.05) is 17.5 Å². The van der Waals surface area contributed by atoms with Crippen molar-refractivity contribution in [2.45, 2.75) is 33.2 Å². The number of carbonyl (C=O) groups excluding carboxylic acids is 1. The zero-order valence-corrected chi connectivity index (χ0v) is 11.5. The molecule has 1 aliphatic rings. The highest BCUT2D eigenvalue weighted by Gasteiger charge is 2.30. The molecule has 98 valence electrons. The van der Waals surface area contributed by atoms with Crippen LogP contribution >= 0.6 is 0 Å². The van der Waals surface area contributed by atoms with Gasteiger partial charge in [0.05, 0.1) is 7.11 Å². The van der Waals surface area contributed by atoms with Gasteiger partial charge in [-0.2, -0.15) is 0 Å². The Morgan fingerprint density at radius 1 is 1.33 bits per heavy atom. The fraction of sp³-hybridized carbons (Fsp3) is 0.533. The molecule has 1 aliphatic heterocycles. The zero-order chi connectivity index (χ0) is 13.3. The number of methoxy groups -OCH3 is 1. The predicted octanol–water partition coefficient (Wildman–Crippen LogP) is 2.49. The lowest BCUT2D eigenvalue weighted by molar-refractivity contribution is 0.0913. The second-order valence-corrected chi connectivity index (χ2v) is 5.14. The molecule has 0 aromatic heterocycles. The first-order valence-corrected chi connectivity index (χ1v) is 6.47. The van der Waals surface area contributed by atoms with Gasteiger partial charge in [0.2, 0.25) is 0 Å². The monoisotopic (exact) mass is 247 g/mol. The molecule has 3 nitrogen and oxygen atoms in total. The van der Waals surface area contributed by atoms with Gasteiger partial charge < -0.3 is 10.1 Å². The number of benzene rings is 1. The maximum absolute atomic E-state index is 12.5. The smallest absolute Gasteiger partial charge is 0.167 e. The third-order valence-corrected chi connectivity index (χ3v) is 3.87. The van der Waals surface area contributed by atoms with Crippen molar-refractivity contribution in [3.63, 3.8) is 0 Å². The molecule has 1 N–H and O–H groups in total. The second kappa shape index (κ2) is 5.11. The van der Waals surface area contributed by atoms with Crippen molar-refractivity contribution in [1.82, 2.24) is 5.32 Å². The highest BCUT2D eigenvalue weighted by molar-refractivity contribution is 6.00. The van der Waals surface area contributed by atoms with Crippen LogP contribution in [0, 0.1) is 19.8 Å². The quantitative estimate of drug-likeness (QED) is 0.834. The standard InChI is InChI=1S/C15H21NO2/c1-9-8-14(18-4)10(2)7-13(9)15(17)12-5-6-16-11(12)3/h7-8,11-12,16H,5-6H2,1-4H3. The minimum atomic E-state index is 0.108. The first kappa shape index (κ1) is 13.1. The summed E-state index contributed by atoms with van der Waals surface area (Å²) >= 11 is 0. The maximum Gasteiger partial charge on any atom is 0.167 e. The van der Waals surface area contributed by atoms with E-state index in [1.54, 1.807) is 7.11 Å². The van der Waals surface area contributed by atoms with E-state index in [4.69, 9.17) is 4.74 Å². The largest absolute Gasteiger partial charge is 0.496 e. The highest BCUT2D eigenvalue weighted by atomic mass is 16.5. The summed E-state index contributed by atoms with van der Waals surface area (Å²) in [6, 6.07) is 4.19. The van der Waals surface area contributed by atoms with Gasteiger partial charge in [0.15, 0.2) is 5.78 Å². The lowest BCUT2D eigenvalue weighted by Gasteiger charge is -2.16. The van der Waals surface area contributed by atoms with E-state index < -0.39 is 0 Å². The number of rotatable bonds is 3. The Hall–Kier alpha value is -1.35. The van der Waals surface area contributed by atoms with Crippen LogP contribution in [0.2, 0.25) is 0 Å². The van der Waals surface area contributed by atoms with Crippen LogP contribution in [-0.4, -0.2) is 25.5 Å². The van der Waals surface area contributed by atoms with Crippen molar-refractivity contribution in [2.24, 2.45) is 5.92 Å². The van der Waals surface area contributed by atoms with Crippen LogP contribution in [0.5, 0.6) is 5.75 Å². The van der Waals surface area contributed by atoms with Crippen molar-refractivity contribution < 1.29 is 9.53 Å². The third-order valence-electron chi connectivity index (χ3n) is 3.87. The summed E-state index contributed by atoms with van der Waals surface area (Å²) in [5.74, 6) is 1.22. The van der Waals surface area contributed by atoms with Gasteiger partial charge >= 0.3 is 0 Å². The van der Waals surface area contributed by atoms with E-state index in [0.717, 1.165) is 35.4 Å². The third kappa shape index (κ3) is 2.27. The Balaban J connectivity index is 2.33. The molecule has 2 unspecified atom stereocenters. The zero-order valence-electron chi connectivity index (χ0n) is 11.5. The van der Waals surface area contributed by atoms with Crippen LogP contribution in [0.1, 0.15) is 34.8 Å². The molecule has 2 rings (SSSR count). The van der Waals surface area contributed by atoms with Gasteiger partial charge in [-0.1, -0.05) is 0 Å². The molecule has 1 fully saturated rings. The summed E-state index contributed by atoms with van der Waals surface area (Å²) in [5, 5.41) is 3.33. The molecule has 0 spiro atoms. The predicted molar refractivity (Wildman–Crippen MR) is 72.4 cm³/mol. The Kier molecular flexibility index (Phi) is 3.71. The Bertz CT molecular complexity index is 468. The fourth-order valence-corrected chi connectivity index (χ4v) is 2.69. The molecule has 1 saturated heterocycles. The second-order valence-electron chi connectivity index (χ2n) is 5.14. The number of hydrogen-bond acceptors (Lipinski definition) is 3. The van der Waals surface area contributed by atoms with Crippen molar-refractivity contribution >= 4 is 5.78 Å². The van der Waals surface area contributed by atoms with Crippen LogP contribution in [0.15, 0.2) is 12.1 Å².